The maximum absolute atomic E-state index is 11.1. The summed E-state index contributed by atoms with van der Waals surface area (Å²) in [6, 6.07) is 4.32. The van der Waals surface area contributed by atoms with Crippen LogP contribution in [-0.4, -0.2) is 28.8 Å². The van der Waals surface area contributed by atoms with Crippen LogP contribution in [0, 0.1) is 10.1 Å². The summed E-state index contributed by atoms with van der Waals surface area (Å²) in [6.07, 6.45) is 0. The van der Waals surface area contributed by atoms with Crippen molar-refractivity contribution >= 4 is 11.6 Å². The third-order valence-electron chi connectivity index (χ3n) is 2.90. The number of benzene rings is 1. The summed E-state index contributed by atoms with van der Waals surface area (Å²) in [5.41, 5.74) is 6.75. The Labute approximate surface area is 118 Å². The highest BCUT2D eigenvalue weighted by molar-refractivity contribution is 5.93. The average Bonchev–Trinajstić information content (AvgIpc) is 2.37. The quantitative estimate of drug-likeness (QED) is 0.469. The fourth-order valence-electron chi connectivity index (χ4n) is 1.92. The number of likely N-dealkylation sites (N-methyl/N-ethyl adjacent to an activating group) is 1. The van der Waals surface area contributed by atoms with Gasteiger partial charge in [-0.25, -0.2) is 0 Å². The molecule has 0 aromatic heterocycles. The van der Waals surface area contributed by atoms with Crippen molar-refractivity contribution in [3.05, 3.63) is 51.6 Å². The van der Waals surface area contributed by atoms with Gasteiger partial charge >= 0.3 is 0 Å². The van der Waals surface area contributed by atoms with Crippen LogP contribution >= 0.6 is 0 Å². The van der Waals surface area contributed by atoms with Gasteiger partial charge in [-0.05, 0) is 19.5 Å². The van der Waals surface area contributed by atoms with Gasteiger partial charge < -0.3 is 5.73 Å². The largest absolute Gasteiger partial charge is 0.366 e. The van der Waals surface area contributed by atoms with Gasteiger partial charge in [0.05, 0.1) is 4.92 Å². The second kappa shape index (κ2) is 6.81. The van der Waals surface area contributed by atoms with Crippen LogP contribution in [0.1, 0.15) is 29.8 Å². The minimum absolute atomic E-state index is 0.0820. The second-order valence-electron chi connectivity index (χ2n) is 4.73. The van der Waals surface area contributed by atoms with Crippen molar-refractivity contribution in [3.63, 3.8) is 0 Å². The van der Waals surface area contributed by atoms with Crippen molar-refractivity contribution in [3.8, 4) is 0 Å². The predicted molar refractivity (Wildman–Crippen MR) is 77.4 cm³/mol. The number of carbonyl (C=O) groups excluding carboxylic acids is 1. The third-order valence-corrected chi connectivity index (χ3v) is 2.90. The Bertz CT molecular complexity index is 540. The topological polar surface area (TPSA) is 89.5 Å². The Morgan fingerprint density at radius 3 is 2.60 bits per heavy atom. The molecule has 1 rings (SSSR count). The molecule has 6 nitrogen and oxygen atoms in total. The first-order valence-corrected chi connectivity index (χ1v) is 6.29. The predicted octanol–water partition coefficient (Wildman–Crippen LogP) is 2.09. The van der Waals surface area contributed by atoms with E-state index in [0.717, 1.165) is 12.1 Å². The van der Waals surface area contributed by atoms with Crippen LogP contribution in [-0.2, 0) is 6.54 Å². The first-order chi connectivity index (χ1) is 9.35. The van der Waals surface area contributed by atoms with Gasteiger partial charge in [-0.2, -0.15) is 0 Å². The number of nitro groups is 1. The molecule has 1 amide bonds. The third kappa shape index (κ3) is 4.17. The highest BCUT2D eigenvalue weighted by Crippen LogP contribution is 2.22. The molecule has 2 N–H and O–H groups in total. The van der Waals surface area contributed by atoms with E-state index < -0.39 is 10.8 Å². The molecule has 0 bridgehead atoms. The number of primary amides is 1. The second-order valence-corrected chi connectivity index (χ2v) is 4.73. The molecule has 1 aromatic carbocycles. The minimum atomic E-state index is -0.672. The monoisotopic (exact) mass is 277 g/mol. The lowest BCUT2D eigenvalue weighted by atomic mass is 10.1. The molecule has 0 aliphatic rings. The van der Waals surface area contributed by atoms with Gasteiger partial charge in [0.1, 0.15) is 0 Å². The van der Waals surface area contributed by atoms with Gasteiger partial charge in [0.25, 0.3) is 5.69 Å². The Hall–Kier alpha value is -2.21. The first kappa shape index (κ1) is 15.8. The molecule has 0 saturated carbocycles. The molecule has 0 heterocycles. The van der Waals surface area contributed by atoms with Crippen LogP contribution in [0.15, 0.2) is 30.4 Å². The summed E-state index contributed by atoms with van der Waals surface area (Å²) in [5, 5.41) is 11.1. The SMILES string of the molecule is C=C(C)CN(CC)Cc1ccc(C(N)=O)cc1[N+](=O)[O-]. The normalized spacial score (nSPS) is 10.6. The Kier molecular flexibility index (Phi) is 5.40. The van der Waals surface area contributed by atoms with Gasteiger partial charge in [-0.15, -0.1) is 0 Å². The van der Waals surface area contributed by atoms with Crippen molar-refractivity contribution in [2.45, 2.75) is 20.4 Å². The van der Waals surface area contributed by atoms with E-state index in [1.165, 1.54) is 12.1 Å². The van der Waals surface area contributed by atoms with Crippen LogP contribution in [0.2, 0.25) is 0 Å². The number of hydrogen-bond acceptors (Lipinski definition) is 4. The van der Waals surface area contributed by atoms with Gasteiger partial charge in [0, 0.05) is 30.3 Å². The summed E-state index contributed by atoms with van der Waals surface area (Å²) in [7, 11) is 0. The van der Waals surface area contributed by atoms with E-state index in [0.29, 0.717) is 18.7 Å². The van der Waals surface area contributed by atoms with Crippen molar-refractivity contribution in [1.29, 1.82) is 0 Å². The van der Waals surface area contributed by atoms with E-state index in [2.05, 4.69) is 6.58 Å². The molecule has 0 radical (unpaired) electrons. The molecule has 20 heavy (non-hydrogen) atoms. The van der Waals surface area contributed by atoms with Crippen molar-refractivity contribution in [2.75, 3.05) is 13.1 Å². The lowest BCUT2D eigenvalue weighted by Crippen LogP contribution is -2.25. The highest BCUT2D eigenvalue weighted by Gasteiger charge is 2.18. The van der Waals surface area contributed by atoms with Crippen LogP contribution in [0.3, 0.4) is 0 Å². The van der Waals surface area contributed by atoms with Crippen molar-refractivity contribution in [2.24, 2.45) is 5.73 Å². The van der Waals surface area contributed by atoms with E-state index in [4.69, 9.17) is 5.73 Å². The van der Waals surface area contributed by atoms with E-state index in [9.17, 15) is 14.9 Å². The van der Waals surface area contributed by atoms with Crippen LogP contribution < -0.4 is 5.73 Å². The zero-order chi connectivity index (χ0) is 15.3. The fourth-order valence-corrected chi connectivity index (χ4v) is 1.92. The molecule has 1 aromatic rings. The Balaban J connectivity index is 3.07. The van der Waals surface area contributed by atoms with Crippen LogP contribution in [0.25, 0.3) is 0 Å². The number of rotatable bonds is 7. The smallest absolute Gasteiger partial charge is 0.274 e. The lowest BCUT2D eigenvalue weighted by molar-refractivity contribution is -0.385. The minimum Gasteiger partial charge on any atom is -0.366 e. The van der Waals surface area contributed by atoms with Crippen molar-refractivity contribution < 1.29 is 9.72 Å². The first-order valence-electron chi connectivity index (χ1n) is 6.29. The number of nitrogens with two attached hydrogens (primary N) is 1. The maximum atomic E-state index is 11.1. The molecule has 0 unspecified atom stereocenters. The summed E-state index contributed by atoms with van der Waals surface area (Å²) in [6.45, 7) is 9.58. The summed E-state index contributed by atoms with van der Waals surface area (Å²) in [4.78, 5) is 23.7. The maximum Gasteiger partial charge on any atom is 0.274 e. The van der Waals surface area contributed by atoms with Gasteiger partial charge in [0.15, 0.2) is 0 Å². The van der Waals surface area contributed by atoms with Crippen LogP contribution in [0.5, 0.6) is 0 Å². The molecular weight excluding hydrogens is 258 g/mol. The van der Waals surface area contributed by atoms with Crippen molar-refractivity contribution in [1.82, 2.24) is 4.90 Å². The van der Waals surface area contributed by atoms with Gasteiger partial charge in [-0.1, -0.05) is 25.1 Å². The van der Waals surface area contributed by atoms with E-state index in [1.807, 2.05) is 18.7 Å². The number of nitro benzene ring substituents is 1. The fraction of sp³-hybridized carbons (Fsp3) is 0.357. The number of hydrogen-bond donors (Lipinski definition) is 1. The number of nitrogens with zero attached hydrogens (tertiary/aromatic N) is 2. The Morgan fingerprint density at radius 2 is 2.15 bits per heavy atom. The molecule has 0 spiro atoms. The average molecular weight is 277 g/mol. The molecule has 0 fully saturated rings. The highest BCUT2D eigenvalue weighted by atomic mass is 16.6. The van der Waals surface area contributed by atoms with Gasteiger partial charge in [0.2, 0.25) is 5.91 Å². The van der Waals surface area contributed by atoms with Gasteiger partial charge in [-0.3, -0.25) is 19.8 Å². The standard InChI is InChI=1S/C14H19N3O3/c1-4-16(8-10(2)3)9-12-6-5-11(14(15)18)7-13(12)17(19)20/h5-7H,2,4,8-9H2,1,3H3,(H2,15,18). The summed E-state index contributed by atoms with van der Waals surface area (Å²) in [5.74, 6) is -0.672. The molecule has 108 valence electrons. The number of carbonyl (C=O) groups is 1. The van der Waals surface area contributed by atoms with Crippen LogP contribution in [0.4, 0.5) is 5.69 Å². The molecule has 6 heteroatoms. The molecular formula is C14H19N3O3. The summed E-state index contributed by atoms with van der Waals surface area (Å²) >= 11 is 0. The zero-order valence-corrected chi connectivity index (χ0v) is 11.8. The lowest BCUT2D eigenvalue weighted by Gasteiger charge is -2.20. The number of amides is 1. The van der Waals surface area contributed by atoms with E-state index in [1.54, 1.807) is 6.07 Å². The molecule has 0 atom stereocenters. The van der Waals surface area contributed by atoms with E-state index >= 15 is 0 Å². The summed E-state index contributed by atoms with van der Waals surface area (Å²) < 4.78 is 0. The Morgan fingerprint density at radius 1 is 1.50 bits per heavy atom. The molecule has 0 aliphatic carbocycles. The molecule has 0 aliphatic heterocycles. The van der Waals surface area contributed by atoms with E-state index in [-0.39, 0.29) is 11.3 Å². The zero-order valence-electron chi connectivity index (χ0n) is 11.8. The molecule has 0 saturated heterocycles.